The average molecular weight is 303 g/mol. The number of morpholine rings is 1. The molecule has 7 heteroatoms. The van der Waals surface area contributed by atoms with Crippen LogP contribution in [-0.4, -0.2) is 60.4 Å². The Labute approximate surface area is 129 Å². The third kappa shape index (κ3) is 3.10. The highest BCUT2D eigenvalue weighted by atomic mass is 16.5. The van der Waals surface area contributed by atoms with Gasteiger partial charge in [-0.3, -0.25) is 0 Å². The molecule has 7 nitrogen and oxygen atoms in total. The molecule has 0 spiro atoms. The molecule has 0 saturated carbocycles. The van der Waals surface area contributed by atoms with E-state index in [1.807, 2.05) is 38.1 Å². The minimum atomic E-state index is -0.176. The average Bonchev–Trinajstić information content (AvgIpc) is 2.96. The second kappa shape index (κ2) is 6.02. The molecule has 118 valence electrons. The molecule has 1 saturated heterocycles. The molecule has 2 aromatic rings. The summed E-state index contributed by atoms with van der Waals surface area (Å²) in [6.45, 7) is 3.71. The highest BCUT2D eigenvalue weighted by Crippen LogP contribution is 2.27. The predicted molar refractivity (Wildman–Crippen MR) is 82.6 cm³/mol. The van der Waals surface area contributed by atoms with Crippen LogP contribution in [0.25, 0.3) is 11.5 Å². The van der Waals surface area contributed by atoms with Crippen LogP contribution in [0.1, 0.15) is 18.9 Å². The number of aromatic nitrogens is 3. The van der Waals surface area contributed by atoms with Crippen LogP contribution in [0.3, 0.4) is 0 Å². The van der Waals surface area contributed by atoms with E-state index in [1.165, 1.54) is 0 Å². The molecule has 2 aromatic heterocycles. The van der Waals surface area contributed by atoms with Gasteiger partial charge in [0.2, 0.25) is 11.8 Å². The highest BCUT2D eigenvalue weighted by Gasteiger charge is 2.28. The van der Waals surface area contributed by atoms with Crippen molar-refractivity contribution in [1.82, 2.24) is 20.1 Å². The number of hydrogen-bond donors (Lipinski definition) is 0. The first-order valence-electron chi connectivity index (χ1n) is 7.34. The first-order valence-corrected chi connectivity index (χ1v) is 7.34. The maximum absolute atomic E-state index is 5.90. The van der Waals surface area contributed by atoms with Crippen LogP contribution < -0.4 is 4.90 Å². The molecule has 22 heavy (non-hydrogen) atoms. The fourth-order valence-electron chi connectivity index (χ4n) is 2.58. The SMILES string of the molecule is C[C@@H]1CN(C)C[C@H](c2nnc(-c3ccnc(N(C)C)c3)o2)O1. The summed E-state index contributed by atoms with van der Waals surface area (Å²) in [7, 11) is 5.95. The van der Waals surface area contributed by atoms with E-state index in [0.29, 0.717) is 11.8 Å². The summed E-state index contributed by atoms with van der Waals surface area (Å²) in [6, 6.07) is 3.79. The maximum Gasteiger partial charge on any atom is 0.248 e. The van der Waals surface area contributed by atoms with E-state index in [4.69, 9.17) is 9.15 Å². The third-order valence-corrected chi connectivity index (χ3v) is 3.61. The lowest BCUT2D eigenvalue weighted by Crippen LogP contribution is -2.40. The molecule has 1 fully saturated rings. The molecular formula is C15H21N5O2. The first-order chi connectivity index (χ1) is 10.5. The summed E-state index contributed by atoms with van der Waals surface area (Å²) in [5.41, 5.74) is 0.856. The lowest BCUT2D eigenvalue weighted by molar-refractivity contribution is -0.0821. The van der Waals surface area contributed by atoms with Crippen LogP contribution in [0.5, 0.6) is 0 Å². The van der Waals surface area contributed by atoms with Crippen LogP contribution in [0.15, 0.2) is 22.7 Å². The zero-order chi connectivity index (χ0) is 15.7. The number of anilines is 1. The molecule has 0 radical (unpaired) electrons. The van der Waals surface area contributed by atoms with Crippen LogP contribution in [0.2, 0.25) is 0 Å². The van der Waals surface area contributed by atoms with Crippen molar-refractivity contribution in [3.05, 3.63) is 24.2 Å². The Kier molecular flexibility index (Phi) is 4.08. The van der Waals surface area contributed by atoms with Gasteiger partial charge in [-0.25, -0.2) is 4.98 Å². The Balaban J connectivity index is 1.83. The summed E-state index contributed by atoms with van der Waals surface area (Å²) < 4.78 is 11.7. The molecule has 1 aliphatic rings. The van der Waals surface area contributed by atoms with E-state index in [2.05, 4.69) is 27.1 Å². The molecule has 0 bridgehead atoms. The van der Waals surface area contributed by atoms with E-state index in [1.54, 1.807) is 6.20 Å². The van der Waals surface area contributed by atoms with Gasteiger partial charge in [-0.2, -0.15) is 0 Å². The second-order valence-electron chi connectivity index (χ2n) is 5.90. The van der Waals surface area contributed by atoms with Crippen molar-refractivity contribution in [2.45, 2.75) is 19.1 Å². The van der Waals surface area contributed by atoms with Gasteiger partial charge in [-0.1, -0.05) is 0 Å². The Morgan fingerprint density at radius 1 is 1.27 bits per heavy atom. The molecule has 1 aliphatic heterocycles. The van der Waals surface area contributed by atoms with Crippen LogP contribution in [-0.2, 0) is 4.74 Å². The molecule has 2 atom stereocenters. The van der Waals surface area contributed by atoms with Gasteiger partial charge in [0.25, 0.3) is 0 Å². The molecule has 3 heterocycles. The Hall–Kier alpha value is -1.99. The van der Waals surface area contributed by atoms with Crippen LogP contribution in [0, 0.1) is 0 Å². The highest BCUT2D eigenvalue weighted by molar-refractivity contribution is 5.58. The lowest BCUT2D eigenvalue weighted by atomic mass is 10.2. The number of rotatable bonds is 3. The largest absolute Gasteiger partial charge is 0.418 e. The van der Waals surface area contributed by atoms with Gasteiger partial charge in [0.15, 0.2) is 0 Å². The topological polar surface area (TPSA) is 67.5 Å². The minimum absolute atomic E-state index is 0.153. The molecule has 3 rings (SSSR count). The van der Waals surface area contributed by atoms with Crippen molar-refractivity contribution in [2.24, 2.45) is 0 Å². The van der Waals surface area contributed by atoms with Crippen molar-refractivity contribution >= 4 is 5.82 Å². The zero-order valence-corrected chi connectivity index (χ0v) is 13.4. The fourth-order valence-corrected chi connectivity index (χ4v) is 2.58. The van der Waals surface area contributed by atoms with E-state index in [-0.39, 0.29) is 12.2 Å². The van der Waals surface area contributed by atoms with Gasteiger partial charge in [0.05, 0.1) is 6.10 Å². The third-order valence-electron chi connectivity index (χ3n) is 3.61. The van der Waals surface area contributed by atoms with Crippen molar-refractivity contribution in [2.75, 3.05) is 39.1 Å². The van der Waals surface area contributed by atoms with Crippen molar-refractivity contribution < 1.29 is 9.15 Å². The maximum atomic E-state index is 5.90. The molecule has 0 amide bonds. The van der Waals surface area contributed by atoms with Gasteiger partial charge in [-0.05, 0) is 26.1 Å². The van der Waals surface area contributed by atoms with Crippen molar-refractivity contribution in [1.29, 1.82) is 0 Å². The number of nitrogens with zero attached hydrogens (tertiary/aromatic N) is 5. The Bertz CT molecular complexity index is 632. The van der Waals surface area contributed by atoms with Crippen molar-refractivity contribution in [3.63, 3.8) is 0 Å². The molecule has 0 aliphatic carbocycles. The number of ether oxygens (including phenoxy) is 1. The van der Waals surface area contributed by atoms with E-state index in [9.17, 15) is 0 Å². The molecule has 0 N–H and O–H groups in total. The first kappa shape index (κ1) is 14.9. The fraction of sp³-hybridized carbons (Fsp3) is 0.533. The van der Waals surface area contributed by atoms with Gasteiger partial charge in [0, 0.05) is 38.9 Å². The van der Waals surface area contributed by atoms with Crippen LogP contribution in [0.4, 0.5) is 5.82 Å². The Morgan fingerprint density at radius 2 is 2.09 bits per heavy atom. The number of pyridine rings is 1. The number of likely N-dealkylation sites (N-methyl/N-ethyl adjacent to an activating group) is 1. The smallest absolute Gasteiger partial charge is 0.248 e. The van der Waals surface area contributed by atoms with Gasteiger partial charge in [0.1, 0.15) is 11.9 Å². The van der Waals surface area contributed by atoms with Gasteiger partial charge >= 0.3 is 0 Å². The monoisotopic (exact) mass is 303 g/mol. The predicted octanol–water partition coefficient (Wildman–Crippen LogP) is 1.59. The quantitative estimate of drug-likeness (QED) is 0.853. The standard InChI is InChI=1S/C15H21N5O2/c1-10-8-20(4)9-12(21-10)15-18-17-14(22-15)11-5-6-16-13(7-11)19(2)3/h5-7,10,12H,8-9H2,1-4H3/t10-,12-/m1/s1. The van der Waals surface area contributed by atoms with E-state index >= 15 is 0 Å². The van der Waals surface area contributed by atoms with Gasteiger partial charge < -0.3 is 19.0 Å². The zero-order valence-electron chi connectivity index (χ0n) is 13.4. The van der Waals surface area contributed by atoms with Crippen LogP contribution >= 0.6 is 0 Å². The van der Waals surface area contributed by atoms with E-state index < -0.39 is 0 Å². The normalized spacial score (nSPS) is 22.7. The molecular weight excluding hydrogens is 282 g/mol. The summed E-state index contributed by atoms with van der Waals surface area (Å²) in [4.78, 5) is 8.43. The summed E-state index contributed by atoms with van der Waals surface area (Å²) in [5.74, 6) is 1.86. The summed E-state index contributed by atoms with van der Waals surface area (Å²) in [5, 5.41) is 8.31. The molecule has 0 aromatic carbocycles. The van der Waals surface area contributed by atoms with Gasteiger partial charge in [-0.15, -0.1) is 10.2 Å². The number of hydrogen-bond acceptors (Lipinski definition) is 7. The molecule has 0 unspecified atom stereocenters. The van der Waals surface area contributed by atoms with Crippen molar-refractivity contribution in [3.8, 4) is 11.5 Å². The van der Waals surface area contributed by atoms with E-state index in [0.717, 1.165) is 24.5 Å². The lowest BCUT2D eigenvalue weighted by Gasteiger charge is -2.32. The minimum Gasteiger partial charge on any atom is -0.418 e. The Morgan fingerprint density at radius 3 is 2.82 bits per heavy atom. The second-order valence-corrected chi connectivity index (χ2v) is 5.90. The summed E-state index contributed by atoms with van der Waals surface area (Å²) in [6.07, 6.45) is 1.71. The summed E-state index contributed by atoms with van der Waals surface area (Å²) >= 11 is 0.